The lowest BCUT2D eigenvalue weighted by Gasteiger charge is -2.33. The zero-order valence-electron chi connectivity index (χ0n) is 12.1. The minimum absolute atomic E-state index is 0.0725. The average molecular weight is 276 g/mol. The maximum Gasteiger partial charge on any atom is 0.251 e. The fourth-order valence-corrected chi connectivity index (χ4v) is 2.69. The lowest BCUT2D eigenvalue weighted by atomic mass is 10.0. The first-order valence-corrected chi connectivity index (χ1v) is 7.48. The molecule has 1 aliphatic heterocycles. The number of phenols is 1. The zero-order valence-corrected chi connectivity index (χ0v) is 12.1. The van der Waals surface area contributed by atoms with Gasteiger partial charge in [0.2, 0.25) is 0 Å². The molecule has 0 saturated carbocycles. The second-order valence-corrected chi connectivity index (χ2v) is 5.54. The Morgan fingerprint density at radius 1 is 1.35 bits per heavy atom. The Bertz CT molecular complexity index is 431. The van der Waals surface area contributed by atoms with Crippen LogP contribution in [0.5, 0.6) is 5.75 Å². The SMILES string of the molecule is CC1CCCCN1CCCNC(=O)c1ccc(O)cc1. The molecule has 0 spiro atoms. The molecule has 2 rings (SSSR count). The normalized spacial score (nSPS) is 19.8. The summed E-state index contributed by atoms with van der Waals surface area (Å²) in [6, 6.07) is 7.01. The molecule has 1 saturated heterocycles. The molecule has 110 valence electrons. The van der Waals surface area contributed by atoms with Crippen LogP contribution in [0.3, 0.4) is 0 Å². The molecule has 1 amide bonds. The third kappa shape index (κ3) is 4.23. The van der Waals surface area contributed by atoms with E-state index in [0.29, 0.717) is 18.2 Å². The predicted molar refractivity (Wildman–Crippen MR) is 79.9 cm³/mol. The molecule has 0 aromatic heterocycles. The van der Waals surface area contributed by atoms with Crippen LogP contribution in [-0.4, -0.2) is 41.6 Å². The third-order valence-corrected chi connectivity index (χ3v) is 3.98. The van der Waals surface area contributed by atoms with Gasteiger partial charge in [-0.2, -0.15) is 0 Å². The van der Waals surface area contributed by atoms with Crippen LogP contribution in [0.2, 0.25) is 0 Å². The highest BCUT2D eigenvalue weighted by atomic mass is 16.3. The largest absolute Gasteiger partial charge is 0.508 e. The number of likely N-dealkylation sites (tertiary alicyclic amines) is 1. The van der Waals surface area contributed by atoms with E-state index in [1.165, 1.54) is 37.9 Å². The summed E-state index contributed by atoms with van der Waals surface area (Å²) in [5.41, 5.74) is 0.592. The highest BCUT2D eigenvalue weighted by Gasteiger charge is 2.17. The number of nitrogens with zero attached hydrogens (tertiary/aromatic N) is 1. The lowest BCUT2D eigenvalue weighted by molar-refractivity contribution is 0.0949. The van der Waals surface area contributed by atoms with Crippen LogP contribution in [0, 0.1) is 0 Å². The summed E-state index contributed by atoms with van der Waals surface area (Å²) < 4.78 is 0. The Labute approximate surface area is 120 Å². The van der Waals surface area contributed by atoms with Crippen LogP contribution < -0.4 is 5.32 Å². The summed E-state index contributed by atoms with van der Waals surface area (Å²) >= 11 is 0. The predicted octanol–water partition coefficient (Wildman–Crippen LogP) is 2.39. The molecule has 1 aromatic rings. The van der Waals surface area contributed by atoms with Gasteiger partial charge in [0, 0.05) is 24.7 Å². The molecule has 1 atom stereocenters. The standard InChI is InChI=1S/C16H24N2O2/c1-13-5-2-3-11-18(13)12-4-10-17-16(20)14-6-8-15(19)9-7-14/h6-9,13,19H,2-5,10-12H2,1H3,(H,17,20). The van der Waals surface area contributed by atoms with Crippen molar-refractivity contribution in [2.45, 2.75) is 38.6 Å². The van der Waals surface area contributed by atoms with Crippen molar-refractivity contribution in [2.75, 3.05) is 19.6 Å². The second-order valence-electron chi connectivity index (χ2n) is 5.54. The van der Waals surface area contributed by atoms with Gasteiger partial charge in [0.25, 0.3) is 5.91 Å². The second kappa shape index (κ2) is 7.29. The summed E-state index contributed by atoms with van der Waals surface area (Å²) in [6.07, 6.45) is 4.91. The molecule has 1 fully saturated rings. The van der Waals surface area contributed by atoms with Gasteiger partial charge in [0.1, 0.15) is 5.75 Å². The number of hydrogen-bond donors (Lipinski definition) is 2. The average Bonchev–Trinajstić information content (AvgIpc) is 2.46. The van der Waals surface area contributed by atoms with Crippen molar-refractivity contribution in [3.8, 4) is 5.75 Å². The number of phenolic OH excluding ortho intramolecular Hbond substituents is 1. The number of carbonyl (C=O) groups is 1. The van der Waals surface area contributed by atoms with E-state index < -0.39 is 0 Å². The van der Waals surface area contributed by atoms with Gasteiger partial charge in [-0.05, 0) is 57.0 Å². The molecular weight excluding hydrogens is 252 g/mol. The highest BCUT2D eigenvalue weighted by molar-refractivity contribution is 5.94. The van der Waals surface area contributed by atoms with Gasteiger partial charge in [0.15, 0.2) is 0 Å². The van der Waals surface area contributed by atoms with E-state index in [0.717, 1.165) is 13.0 Å². The van der Waals surface area contributed by atoms with E-state index in [-0.39, 0.29) is 11.7 Å². The Kier molecular flexibility index (Phi) is 5.41. The zero-order chi connectivity index (χ0) is 14.4. The first kappa shape index (κ1) is 14.9. The van der Waals surface area contributed by atoms with Gasteiger partial charge >= 0.3 is 0 Å². The van der Waals surface area contributed by atoms with Crippen LogP contribution in [0.15, 0.2) is 24.3 Å². The highest BCUT2D eigenvalue weighted by Crippen LogP contribution is 2.16. The molecule has 20 heavy (non-hydrogen) atoms. The van der Waals surface area contributed by atoms with Crippen LogP contribution >= 0.6 is 0 Å². The van der Waals surface area contributed by atoms with Gasteiger partial charge in [-0.3, -0.25) is 4.79 Å². The number of benzene rings is 1. The molecular formula is C16H24N2O2. The summed E-state index contributed by atoms with van der Waals surface area (Å²) in [4.78, 5) is 14.4. The van der Waals surface area contributed by atoms with Crippen molar-refractivity contribution in [2.24, 2.45) is 0 Å². The number of amides is 1. The number of piperidine rings is 1. The number of hydrogen-bond acceptors (Lipinski definition) is 3. The summed E-state index contributed by atoms with van der Waals surface area (Å²) in [7, 11) is 0. The third-order valence-electron chi connectivity index (χ3n) is 3.98. The van der Waals surface area contributed by atoms with Crippen LogP contribution in [-0.2, 0) is 0 Å². The number of rotatable bonds is 5. The van der Waals surface area contributed by atoms with E-state index in [1.807, 2.05) is 0 Å². The molecule has 1 aromatic carbocycles. The van der Waals surface area contributed by atoms with Gasteiger partial charge in [0.05, 0.1) is 0 Å². The summed E-state index contributed by atoms with van der Waals surface area (Å²) in [5, 5.41) is 12.1. The topological polar surface area (TPSA) is 52.6 Å². The van der Waals surface area contributed by atoms with E-state index in [2.05, 4.69) is 17.1 Å². The molecule has 2 N–H and O–H groups in total. The van der Waals surface area contributed by atoms with Crippen LogP contribution in [0.4, 0.5) is 0 Å². The first-order chi connectivity index (χ1) is 9.66. The van der Waals surface area contributed by atoms with Gasteiger partial charge in [-0.25, -0.2) is 0 Å². The van der Waals surface area contributed by atoms with Gasteiger partial charge < -0.3 is 15.3 Å². The Balaban J connectivity index is 1.67. The van der Waals surface area contributed by atoms with E-state index in [4.69, 9.17) is 0 Å². The Hall–Kier alpha value is -1.55. The van der Waals surface area contributed by atoms with Crippen molar-refractivity contribution >= 4 is 5.91 Å². The minimum atomic E-state index is -0.0725. The van der Waals surface area contributed by atoms with Crippen LogP contribution in [0.25, 0.3) is 0 Å². The fraction of sp³-hybridized carbons (Fsp3) is 0.562. The van der Waals surface area contributed by atoms with Crippen molar-refractivity contribution in [1.82, 2.24) is 10.2 Å². The van der Waals surface area contributed by atoms with Crippen molar-refractivity contribution in [3.63, 3.8) is 0 Å². The number of nitrogens with one attached hydrogen (secondary N) is 1. The summed E-state index contributed by atoms with van der Waals surface area (Å²) in [6.45, 7) is 5.22. The fourth-order valence-electron chi connectivity index (χ4n) is 2.69. The molecule has 1 unspecified atom stereocenters. The monoisotopic (exact) mass is 276 g/mol. The van der Waals surface area contributed by atoms with E-state index in [9.17, 15) is 9.90 Å². The minimum Gasteiger partial charge on any atom is -0.508 e. The van der Waals surface area contributed by atoms with E-state index >= 15 is 0 Å². The summed E-state index contributed by atoms with van der Waals surface area (Å²) in [5.74, 6) is 0.109. The molecule has 4 heteroatoms. The molecule has 0 radical (unpaired) electrons. The van der Waals surface area contributed by atoms with Crippen molar-refractivity contribution < 1.29 is 9.90 Å². The first-order valence-electron chi connectivity index (χ1n) is 7.48. The van der Waals surface area contributed by atoms with E-state index in [1.54, 1.807) is 12.1 Å². The maximum absolute atomic E-state index is 11.9. The molecule has 0 aliphatic carbocycles. The van der Waals surface area contributed by atoms with Crippen molar-refractivity contribution in [3.05, 3.63) is 29.8 Å². The number of carbonyl (C=O) groups excluding carboxylic acids is 1. The van der Waals surface area contributed by atoms with Crippen molar-refractivity contribution in [1.29, 1.82) is 0 Å². The van der Waals surface area contributed by atoms with Gasteiger partial charge in [-0.1, -0.05) is 6.42 Å². The molecule has 1 heterocycles. The van der Waals surface area contributed by atoms with Crippen LogP contribution in [0.1, 0.15) is 43.0 Å². The smallest absolute Gasteiger partial charge is 0.251 e. The lowest BCUT2D eigenvalue weighted by Crippen LogP contribution is -2.39. The molecule has 1 aliphatic rings. The molecule has 0 bridgehead atoms. The quantitative estimate of drug-likeness (QED) is 0.812. The molecule has 4 nitrogen and oxygen atoms in total. The Morgan fingerprint density at radius 2 is 2.10 bits per heavy atom. The maximum atomic E-state index is 11.9. The number of aromatic hydroxyl groups is 1. The Morgan fingerprint density at radius 3 is 2.80 bits per heavy atom. The van der Waals surface area contributed by atoms with Gasteiger partial charge in [-0.15, -0.1) is 0 Å².